The van der Waals surface area contributed by atoms with Crippen LogP contribution in [-0.4, -0.2) is 48.8 Å². The lowest BCUT2D eigenvalue weighted by molar-refractivity contribution is 0.0663. The first-order valence-electron chi connectivity index (χ1n) is 12.2. The molecule has 4 rings (SSSR count). The van der Waals surface area contributed by atoms with E-state index in [0.717, 1.165) is 60.5 Å². The molecular weight excluding hydrogens is 462 g/mol. The molecule has 1 N–H and O–H groups in total. The fourth-order valence-corrected chi connectivity index (χ4v) is 5.95. The fourth-order valence-electron chi connectivity index (χ4n) is 4.49. The van der Waals surface area contributed by atoms with Crippen LogP contribution in [0.25, 0.3) is 16.6 Å². The Morgan fingerprint density at radius 3 is 2.77 bits per heavy atom. The van der Waals surface area contributed by atoms with Crippen LogP contribution in [0.5, 0.6) is 0 Å². The first-order valence-corrected chi connectivity index (χ1v) is 13.7. The van der Waals surface area contributed by atoms with E-state index in [1.165, 1.54) is 0 Å². The van der Waals surface area contributed by atoms with Crippen molar-refractivity contribution in [2.75, 3.05) is 13.2 Å². The smallest absolute Gasteiger partial charge is 0.240 e. The van der Waals surface area contributed by atoms with E-state index in [1.54, 1.807) is 43.9 Å². The second-order valence-electron chi connectivity index (χ2n) is 8.98. The lowest BCUT2D eigenvalue weighted by Gasteiger charge is -2.26. The maximum Gasteiger partial charge on any atom is 0.240 e. The zero-order valence-corrected chi connectivity index (χ0v) is 21.3. The van der Waals surface area contributed by atoms with Crippen LogP contribution in [0.3, 0.4) is 0 Å². The zero-order valence-electron chi connectivity index (χ0n) is 20.5. The molecule has 2 atom stereocenters. The molecule has 8 nitrogen and oxygen atoms in total. The number of pyridine rings is 1. The summed E-state index contributed by atoms with van der Waals surface area (Å²) in [5.41, 5.74) is 4.16. The average Bonchev–Trinajstić information content (AvgIpc) is 2.86. The van der Waals surface area contributed by atoms with E-state index in [-0.39, 0.29) is 10.8 Å². The first kappa shape index (κ1) is 25.3. The topological polar surface area (TPSA) is 106 Å². The summed E-state index contributed by atoms with van der Waals surface area (Å²) in [5, 5.41) is 0. The number of hydrogen-bond donors (Lipinski definition) is 1. The Balaban J connectivity index is 1.60. The second kappa shape index (κ2) is 11.3. The van der Waals surface area contributed by atoms with E-state index >= 15 is 0 Å². The van der Waals surface area contributed by atoms with Gasteiger partial charge in [0, 0.05) is 37.1 Å². The summed E-state index contributed by atoms with van der Waals surface area (Å²) in [5.74, 6) is 0.357. The summed E-state index contributed by atoms with van der Waals surface area (Å²) in [6.45, 7) is 7.27. The Labute approximate surface area is 207 Å². The summed E-state index contributed by atoms with van der Waals surface area (Å²) in [6, 6.07) is 3.38. The molecular formula is C26H33N5O3S. The van der Waals surface area contributed by atoms with Gasteiger partial charge in [0.05, 0.1) is 27.9 Å². The van der Waals surface area contributed by atoms with Gasteiger partial charge in [-0.25, -0.2) is 28.1 Å². The van der Waals surface area contributed by atoms with Crippen molar-refractivity contribution in [3.05, 3.63) is 59.2 Å². The highest BCUT2D eigenvalue weighted by molar-refractivity contribution is 7.93. The third kappa shape index (κ3) is 5.91. The first-order chi connectivity index (χ1) is 16.9. The van der Waals surface area contributed by atoms with Gasteiger partial charge in [-0.15, -0.1) is 0 Å². The number of aromatic nitrogens is 3. The van der Waals surface area contributed by atoms with E-state index in [9.17, 15) is 8.42 Å². The fraction of sp³-hybridized carbons (Fsp3) is 0.462. The van der Waals surface area contributed by atoms with Gasteiger partial charge >= 0.3 is 0 Å². The molecule has 2 unspecified atom stereocenters. The number of sulfonamides is 1. The predicted molar refractivity (Wildman–Crippen MR) is 139 cm³/mol. The van der Waals surface area contributed by atoms with Gasteiger partial charge in [0.1, 0.15) is 11.8 Å². The van der Waals surface area contributed by atoms with Crippen molar-refractivity contribution in [1.29, 1.82) is 0 Å². The van der Waals surface area contributed by atoms with Crippen LogP contribution in [0, 0.1) is 11.8 Å². The molecule has 0 aliphatic carbocycles. The van der Waals surface area contributed by atoms with Gasteiger partial charge in [0.2, 0.25) is 10.0 Å². The molecule has 0 aromatic carbocycles. The summed E-state index contributed by atoms with van der Waals surface area (Å²) in [4.78, 5) is 18.5. The molecule has 0 amide bonds. The van der Waals surface area contributed by atoms with E-state index in [2.05, 4.69) is 19.7 Å². The van der Waals surface area contributed by atoms with Crippen LogP contribution in [0.1, 0.15) is 51.4 Å². The normalized spacial score (nSPS) is 22.1. The van der Waals surface area contributed by atoms with E-state index < -0.39 is 16.1 Å². The highest BCUT2D eigenvalue weighted by Gasteiger charge is 2.29. The van der Waals surface area contributed by atoms with Crippen molar-refractivity contribution in [1.82, 2.24) is 19.7 Å². The van der Waals surface area contributed by atoms with Crippen LogP contribution < -0.4 is 4.72 Å². The van der Waals surface area contributed by atoms with Crippen LogP contribution in [-0.2, 0) is 21.2 Å². The predicted octanol–water partition coefficient (Wildman–Crippen LogP) is 4.21. The van der Waals surface area contributed by atoms with Crippen molar-refractivity contribution in [2.45, 2.75) is 52.5 Å². The van der Waals surface area contributed by atoms with Crippen LogP contribution in [0.2, 0.25) is 0 Å². The number of hydrogen-bond acceptors (Lipinski definition) is 7. The SMILES string of the molecule is CC=CC(=CCC)S(=O)(=O)NC1C=NC=C(c2ccc3ncnc(CC4CCOCC4)c3n2)C1C. The van der Waals surface area contributed by atoms with Gasteiger partial charge < -0.3 is 4.74 Å². The van der Waals surface area contributed by atoms with Crippen molar-refractivity contribution in [3.63, 3.8) is 0 Å². The largest absolute Gasteiger partial charge is 0.381 e. The van der Waals surface area contributed by atoms with Crippen LogP contribution in [0.4, 0.5) is 0 Å². The van der Waals surface area contributed by atoms with Gasteiger partial charge in [0.15, 0.2) is 0 Å². The zero-order chi connectivity index (χ0) is 24.8. The Morgan fingerprint density at radius 2 is 2.03 bits per heavy atom. The number of fused-ring (bicyclic) bond motifs is 1. The number of ether oxygens (including phenoxy) is 1. The summed E-state index contributed by atoms with van der Waals surface area (Å²) in [6.07, 6.45) is 13.5. The minimum atomic E-state index is -3.69. The lowest BCUT2D eigenvalue weighted by Crippen LogP contribution is -2.42. The Bertz CT molecular complexity index is 1280. The van der Waals surface area contributed by atoms with E-state index in [4.69, 9.17) is 9.72 Å². The summed E-state index contributed by atoms with van der Waals surface area (Å²) >= 11 is 0. The second-order valence-corrected chi connectivity index (χ2v) is 10.7. The molecule has 2 aromatic heterocycles. The van der Waals surface area contributed by atoms with Crippen LogP contribution >= 0.6 is 0 Å². The van der Waals surface area contributed by atoms with Crippen molar-refractivity contribution < 1.29 is 13.2 Å². The van der Waals surface area contributed by atoms with Crippen molar-refractivity contribution >= 4 is 32.8 Å². The van der Waals surface area contributed by atoms with Crippen molar-refractivity contribution in [2.24, 2.45) is 16.8 Å². The highest BCUT2D eigenvalue weighted by Crippen LogP contribution is 2.30. The Morgan fingerprint density at radius 1 is 1.23 bits per heavy atom. The molecule has 1 saturated heterocycles. The molecule has 35 heavy (non-hydrogen) atoms. The molecule has 1 fully saturated rings. The van der Waals surface area contributed by atoms with Gasteiger partial charge in [-0.2, -0.15) is 0 Å². The minimum absolute atomic E-state index is 0.163. The molecule has 2 aliphatic rings. The maximum absolute atomic E-state index is 13.0. The molecule has 0 saturated carbocycles. The number of nitrogens with one attached hydrogen (secondary N) is 1. The molecule has 2 aliphatic heterocycles. The number of aliphatic imine (C=N–C) groups is 1. The molecule has 0 bridgehead atoms. The quantitative estimate of drug-likeness (QED) is 0.550. The van der Waals surface area contributed by atoms with Gasteiger partial charge in [-0.05, 0) is 56.7 Å². The van der Waals surface area contributed by atoms with Gasteiger partial charge in [-0.3, -0.25) is 4.99 Å². The van der Waals surface area contributed by atoms with Gasteiger partial charge in [0.25, 0.3) is 0 Å². The standard InChI is InChI=1S/C26H33N5O3S/c1-4-6-20(7-5-2)35(32,33)31-25-16-27-15-21(18(25)3)22-8-9-23-26(30-22)24(29-17-28-23)14-19-10-12-34-13-11-19/h4,6-9,15-19,25,31H,5,10-14H2,1-3H3. The highest BCUT2D eigenvalue weighted by atomic mass is 32.2. The summed E-state index contributed by atoms with van der Waals surface area (Å²) in [7, 11) is -3.69. The maximum atomic E-state index is 13.0. The molecule has 186 valence electrons. The third-order valence-electron chi connectivity index (χ3n) is 6.50. The average molecular weight is 496 g/mol. The van der Waals surface area contributed by atoms with E-state index in [0.29, 0.717) is 12.3 Å². The number of rotatable bonds is 8. The minimum Gasteiger partial charge on any atom is -0.381 e. The van der Waals surface area contributed by atoms with Crippen LogP contribution in [0.15, 0.2) is 52.8 Å². The molecule has 9 heteroatoms. The number of nitrogens with zero attached hydrogens (tertiary/aromatic N) is 4. The third-order valence-corrected chi connectivity index (χ3v) is 8.01. The van der Waals surface area contributed by atoms with Gasteiger partial charge in [-0.1, -0.05) is 26.0 Å². The molecule has 2 aromatic rings. The Hall–Kier alpha value is -2.75. The summed E-state index contributed by atoms with van der Waals surface area (Å²) < 4.78 is 34.4. The van der Waals surface area contributed by atoms with Crippen molar-refractivity contribution in [3.8, 4) is 0 Å². The molecule has 4 heterocycles. The lowest BCUT2D eigenvalue weighted by atomic mass is 9.90. The molecule has 0 spiro atoms. The van der Waals surface area contributed by atoms with E-state index in [1.807, 2.05) is 26.0 Å². The Kier molecular flexibility index (Phi) is 8.20. The monoisotopic (exact) mass is 495 g/mol. The molecule has 0 radical (unpaired) electrons. The number of allylic oxidation sites excluding steroid dienone is 3.